The van der Waals surface area contributed by atoms with Crippen LogP contribution in [0.1, 0.15) is 21.8 Å². The maximum atomic E-state index is 12.3. The summed E-state index contributed by atoms with van der Waals surface area (Å²) in [5, 5.41) is 12.5. The van der Waals surface area contributed by atoms with E-state index in [1.54, 1.807) is 18.4 Å². The van der Waals surface area contributed by atoms with Gasteiger partial charge in [-0.05, 0) is 46.9 Å². The van der Waals surface area contributed by atoms with E-state index in [1.165, 1.54) is 11.8 Å². The number of nitrogens with zero attached hydrogens (tertiary/aromatic N) is 2. The van der Waals surface area contributed by atoms with E-state index >= 15 is 0 Å². The topological polar surface area (TPSA) is 89.1 Å². The van der Waals surface area contributed by atoms with Gasteiger partial charge in [-0.2, -0.15) is 0 Å². The number of amides is 1. The number of rotatable bonds is 11. The van der Waals surface area contributed by atoms with Gasteiger partial charge in [-0.3, -0.25) is 9.89 Å². The number of hydrogen-bond donors (Lipinski definition) is 2. The number of H-pyrrole nitrogens is 1. The highest BCUT2D eigenvalue weighted by atomic mass is 32.2. The van der Waals surface area contributed by atoms with Crippen LogP contribution in [0.2, 0.25) is 0 Å². The summed E-state index contributed by atoms with van der Waals surface area (Å²) < 4.78 is 11.4. The predicted molar refractivity (Wildman–Crippen MR) is 136 cm³/mol. The summed E-state index contributed by atoms with van der Waals surface area (Å²) in [5.41, 5.74) is 2.00. The minimum atomic E-state index is -0.103. The number of aromatic nitrogens is 3. The Bertz CT molecular complexity index is 1220. The minimum Gasteiger partial charge on any atom is -0.493 e. The monoisotopic (exact) mass is 492 g/mol. The molecule has 0 spiro atoms. The van der Waals surface area contributed by atoms with Crippen LogP contribution >= 0.6 is 23.1 Å². The molecule has 0 unspecified atom stereocenters. The zero-order valence-electron chi connectivity index (χ0n) is 18.6. The number of thioether (sulfide) groups is 1. The van der Waals surface area contributed by atoms with Gasteiger partial charge in [0.1, 0.15) is 12.4 Å². The van der Waals surface area contributed by atoms with Crippen molar-refractivity contribution in [1.29, 1.82) is 0 Å². The molecule has 174 valence electrons. The molecule has 2 N–H and O–H groups in total. The summed E-state index contributed by atoms with van der Waals surface area (Å²) >= 11 is 2.93. The fraction of sp³-hybridized carbons (Fsp3) is 0.160. The average Bonchev–Trinajstić information content (AvgIpc) is 3.56. The van der Waals surface area contributed by atoms with Crippen LogP contribution in [0.4, 0.5) is 0 Å². The van der Waals surface area contributed by atoms with Gasteiger partial charge in [0, 0.05) is 11.4 Å². The highest BCUT2D eigenvalue weighted by molar-refractivity contribution is 7.99. The van der Waals surface area contributed by atoms with Gasteiger partial charge in [-0.25, -0.2) is 4.98 Å². The summed E-state index contributed by atoms with van der Waals surface area (Å²) in [7, 11) is 1.60. The highest BCUT2D eigenvalue weighted by Gasteiger charge is 2.09. The molecule has 0 atom stereocenters. The molecule has 0 saturated heterocycles. The van der Waals surface area contributed by atoms with Crippen LogP contribution in [-0.2, 0) is 17.9 Å². The summed E-state index contributed by atoms with van der Waals surface area (Å²) in [6, 6.07) is 19.6. The summed E-state index contributed by atoms with van der Waals surface area (Å²) in [5.74, 6) is 2.06. The van der Waals surface area contributed by atoms with E-state index in [9.17, 15) is 4.79 Å². The zero-order chi connectivity index (χ0) is 23.6. The smallest absolute Gasteiger partial charge is 0.230 e. The molecule has 2 aromatic heterocycles. The highest BCUT2D eigenvalue weighted by Crippen LogP contribution is 2.29. The van der Waals surface area contributed by atoms with Gasteiger partial charge < -0.3 is 14.8 Å². The first-order valence-corrected chi connectivity index (χ1v) is 12.4. The van der Waals surface area contributed by atoms with E-state index in [0.717, 1.165) is 16.0 Å². The second kappa shape index (κ2) is 12.1. The van der Waals surface area contributed by atoms with Gasteiger partial charge in [-0.1, -0.05) is 54.2 Å². The Morgan fingerprint density at radius 3 is 2.76 bits per heavy atom. The number of nitrogens with one attached hydrogen (secondary N) is 2. The van der Waals surface area contributed by atoms with Crippen LogP contribution in [-0.4, -0.2) is 34.0 Å². The second-order valence-electron chi connectivity index (χ2n) is 7.18. The van der Waals surface area contributed by atoms with Crippen molar-refractivity contribution >= 4 is 41.2 Å². The van der Waals surface area contributed by atoms with Crippen molar-refractivity contribution in [2.24, 2.45) is 0 Å². The molecule has 1 amide bonds. The lowest BCUT2D eigenvalue weighted by molar-refractivity contribution is -0.118. The van der Waals surface area contributed by atoms with Crippen LogP contribution in [0, 0.1) is 0 Å². The molecular formula is C25H24N4O3S2. The number of thiophene rings is 1. The van der Waals surface area contributed by atoms with E-state index < -0.39 is 0 Å². The van der Waals surface area contributed by atoms with Crippen molar-refractivity contribution in [3.63, 3.8) is 0 Å². The minimum absolute atomic E-state index is 0.103. The number of benzene rings is 2. The third kappa shape index (κ3) is 6.97. The van der Waals surface area contributed by atoms with E-state index in [1.807, 2.05) is 78.2 Å². The van der Waals surface area contributed by atoms with Gasteiger partial charge in [-0.15, -0.1) is 16.4 Å². The van der Waals surface area contributed by atoms with Crippen molar-refractivity contribution < 1.29 is 14.3 Å². The third-order valence-electron chi connectivity index (χ3n) is 4.72. The lowest BCUT2D eigenvalue weighted by Gasteiger charge is -2.13. The Balaban J connectivity index is 1.23. The van der Waals surface area contributed by atoms with Gasteiger partial charge >= 0.3 is 0 Å². The Hall–Kier alpha value is -3.56. The van der Waals surface area contributed by atoms with E-state index in [0.29, 0.717) is 35.6 Å². The van der Waals surface area contributed by atoms with Crippen molar-refractivity contribution in [3.8, 4) is 11.5 Å². The molecule has 2 heterocycles. The van der Waals surface area contributed by atoms with Crippen molar-refractivity contribution in [1.82, 2.24) is 20.5 Å². The lowest BCUT2D eigenvalue weighted by atomic mass is 10.2. The number of carbonyl (C=O) groups is 1. The van der Waals surface area contributed by atoms with E-state index in [2.05, 4.69) is 20.5 Å². The summed E-state index contributed by atoms with van der Waals surface area (Å²) in [4.78, 5) is 17.8. The van der Waals surface area contributed by atoms with Crippen LogP contribution in [0.3, 0.4) is 0 Å². The molecule has 0 fully saturated rings. The number of aromatic amines is 1. The Labute approximate surface area is 206 Å². The molecule has 0 aliphatic carbocycles. The SMILES string of the molecule is COc1cc(CNC(=O)CSc2n[nH]c(/C=C/c3cccs3)n2)ccc1OCc1ccccc1. The molecule has 0 radical (unpaired) electrons. The first-order chi connectivity index (χ1) is 16.7. The van der Waals surface area contributed by atoms with Gasteiger partial charge in [0.15, 0.2) is 11.5 Å². The van der Waals surface area contributed by atoms with Gasteiger partial charge in [0.05, 0.1) is 12.9 Å². The van der Waals surface area contributed by atoms with Crippen LogP contribution in [0.25, 0.3) is 12.2 Å². The molecular weight excluding hydrogens is 468 g/mol. The van der Waals surface area contributed by atoms with Crippen molar-refractivity contribution in [2.75, 3.05) is 12.9 Å². The molecule has 34 heavy (non-hydrogen) atoms. The predicted octanol–water partition coefficient (Wildman–Crippen LogP) is 5.03. The maximum absolute atomic E-state index is 12.3. The number of methoxy groups -OCH3 is 1. The molecule has 0 aliphatic heterocycles. The molecule has 4 rings (SSSR count). The Morgan fingerprint density at radius 2 is 1.97 bits per heavy atom. The average molecular weight is 493 g/mol. The number of ether oxygens (including phenoxy) is 2. The number of hydrogen-bond acceptors (Lipinski definition) is 7. The number of carbonyl (C=O) groups excluding carboxylic acids is 1. The zero-order valence-corrected chi connectivity index (χ0v) is 20.2. The third-order valence-corrected chi connectivity index (χ3v) is 6.40. The second-order valence-corrected chi connectivity index (χ2v) is 9.10. The quantitative estimate of drug-likeness (QED) is 0.285. The normalized spacial score (nSPS) is 11.0. The summed E-state index contributed by atoms with van der Waals surface area (Å²) in [6.07, 6.45) is 3.84. The molecule has 9 heteroatoms. The molecule has 0 saturated carbocycles. The Kier molecular flexibility index (Phi) is 8.37. The fourth-order valence-corrected chi connectivity index (χ4v) is 4.26. The largest absolute Gasteiger partial charge is 0.493 e. The van der Waals surface area contributed by atoms with Crippen LogP contribution in [0.15, 0.2) is 71.2 Å². The molecule has 0 bridgehead atoms. The molecule has 2 aromatic carbocycles. The summed E-state index contributed by atoms with van der Waals surface area (Å²) in [6.45, 7) is 0.842. The lowest BCUT2D eigenvalue weighted by Crippen LogP contribution is -2.24. The fourth-order valence-electron chi connectivity index (χ4n) is 3.00. The van der Waals surface area contributed by atoms with Crippen LogP contribution < -0.4 is 14.8 Å². The van der Waals surface area contributed by atoms with Crippen molar-refractivity contribution in [2.45, 2.75) is 18.3 Å². The van der Waals surface area contributed by atoms with Crippen molar-refractivity contribution in [3.05, 3.63) is 87.9 Å². The first-order valence-electron chi connectivity index (χ1n) is 10.6. The van der Waals surface area contributed by atoms with Gasteiger partial charge in [0.25, 0.3) is 0 Å². The van der Waals surface area contributed by atoms with E-state index in [4.69, 9.17) is 9.47 Å². The standard InChI is InChI=1S/C25H24N4O3S2/c1-31-22-14-19(9-11-21(22)32-16-18-6-3-2-4-7-18)15-26-24(30)17-34-25-27-23(28-29-25)12-10-20-8-5-13-33-20/h2-14H,15-17H2,1H3,(H,26,30)(H,27,28,29)/b12-10+. The van der Waals surface area contributed by atoms with Gasteiger partial charge in [0.2, 0.25) is 11.1 Å². The van der Waals surface area contributed by atoms with E-state index in [-0.39, 0.29) is 11.7 Å². The molecule has 4 aromatic rings. The molecule has 0 aliphatic rings. The Morgan fingerprint density at radius 1 is 1.09 bits per heavy atom. The molecule has 7 nitrogen and oxygen atoms in total. The first kappa shape index (κ1) is 23.6. The van der Waals surface area contributed by atoms with Crippen LogP contribution in [0.5, 0.6) is 11.5 Å². The maximum Gasteiger partial charge on any atom is 0.230 e.